The molecule has 2 heterocycles. The number of nitrogens with zero attached hydrogens (tertiary/aromatic N) is 3. The van der Waals surface area contributed by atoms with Crippen LogP contribution in [0.4, 0.5) is 0 Å². The average Bonchev–Trinajstić information content (AvgIpc) is 3.15. The van der Waals surface area contributed by atoms with Crippen LogP contribution >= 0.6 is 11.8 Å². The molecular weight excluding hydrogens is 340 g/mol. The second kappa shape index (κ2) is 7.52. The van der Waals surface area contributed by atoms with Gasteiger partial charge in [-0.1, -0.05) is 16.9 Å². The molecule has 1 aromatic heterocycles. The van der Waals surface area contributed by atoms with Crippen LogP contribution in [0.1, 0.15) is 28.1 Å². The van der Waals surface area contributed by atoms with Gasteiger partial charge in [0.2, 0.25) is 5.91 Å². The topological polar surface area (TPSA) is 89.1 Å². The van der Waals surface area contributed by atoms with Crippen LogP contribution in [0.25, 0.3) is 0 Å². The molecule has 1 aliphatic heterocycles. The molecule has 0 unspecified atom stereocenters. The minimum atomic E-state index is -0.0508. The molecule has 0 atom stereocenters. The van der Waals surface area contributed by atoms with Gasteiger partial charge in [-0.15, -0.1) is 5.10 Å². The zero-order valence-electron chi connectivity index (χ0n) is 14.2. The predicted molar refractivity (Wildman–Crippen MR) is 97.4 cm³/mol. The fourth-order valence-electron chi connectivity index (χ4n) is 2.49. The number of benzene rings is 1. The number of ether oxygens (including phenoxy) is 1. The molecule has 0 spiro atoms. The molecule has 1 aliphatic rings. The van der Waals surface area contributed by atoms with Crippen LogP contribution < -0.4 is 10.1 Å². The largest absolute Gasteiger partial charge is 0.496 e. The van der Waals surface area contributed by atoms with Gasteiger partial charge in [-0.05, 0) is 43.2 Å². The summed E-state index contributed by atoms with van der Waals surface area (Å²) in [4.78, 5) is 11.1. The molecule has 1 aromatic carbocycles. The fourth-order valence-corrected chi connectivity index (χ4v) is 3.12. The van der Waals surface area contributed by atoms with Gasteiger partial charge in [0.25, 0.3) is 0 Å². The van der Waals surface area contributed by atoms with E-state index in [9.17, 15) is 4.79 Å². The predicted octanol–water partition coefficient (Wildman–Crippen LogP) is 2.44. The van der Waals surface area contributed by atoms with E-state index in [1.165, 1.54) is 11.8 Å². The molecule has 3 rings (SSSR count). The van der Waals surface area contributed by atoms with Crippen molar-refractivity contribution < 1.29 is 14.1 Å². The van der Waals surface area contributed by atoms with Gasteiger partial charge < -0.3 is 14.6 Å². The van der Waals surface area contributed by atoms with Gasteiger partial charge in [-0.25, -0.2) is 0 Å². The summed E-state index contributed by atoms with van der Waals surface area (Å²) < 4.78 is 10.7. The highest BCUT2D eigenvalue weighted by Gasteiger charge is 2.16. The summed E-state index contributed by atoms with van der Waals surface area (Å²) in [5, 5.41) is 15.2. The Morgan fingerprint density at radius 2 is 2.28 bits per heavy atom. The van der Waals surface area contributed by atoms with E-state index in [2.05, 4.69) is 20.7 Å². The lowest BCUT2D eigenvalue weighted by molar-refractivity contribution is -0.116. The quantitative estimate of drug-likeness (QED) is 0.655. The molecule has 1 saturated heterocycles. The van der Waals surface area contributed by atoms with E-state index in [0.717, 1.165) is 33.9 Å². The zero-order valence-corrected chi connectivity index (χ0v) is 15.0. The number of aromatic nitrogens is 1. The maximum atomic E-state index is 11.1. The number of nitrogens with one attached hydrogen (secondary N) is 1. The zero-order chi connectivity index (χ0) is 17.8. The SMILES string of the molecule is COc1ccc(C=NN=C2NC(=O)CS2)cc1Cc1c(C)noc1C. The maximum Gasteiger partial charge on any atom is 0.236 e. The number of carbonyl (C=O) groups is 1. The first-order chi connectivity index (χ1) is 12.1. The van der Waals surface area contributed by atoms with E-state index < -0.39 is 0 Å². The highest BCUT2D eigenvalue weighted by molar-refractivity contribution is 8.15. The van der Waals surface area contributed by atoms with Gasteiger partial charge in [-0.3, -0.25) is 4.79 Å². The molecule has 130 valence electrons. The fraction of sp³-hybridized carbons (Fsp3) is 0.294. The third-order valence-electron chi connectivity index (χ3n) is 3.79. The Balaban J connectivity index is 1.81. The van der Waals surface area contributed by atoms with Gasteiger partial charge in [0.15, 0.2) is 5.17 Å². The third kappa shape index (κ3) is 4.08. The van der Waals surface area contributed by atoms with Crippen molar-refractivity contribution in [3.63, 3.8) is 0 Å². The monoisotopic (exact) mass is 358 g/mol. The van der Waals surface area contributed by atoms with Crippen molar-refractivity contribution in [2.24, 2.45) is 10.2 Å². The summed E-state index contributed by atoms with van der Waals surface area (Å²) in [6.45, 7) is 3.82. The molecule has 0 bridgehead atoms. The molecule has 8 heteroatoms. The van der Waals surface area contributed by atoms with E-state index >= 15 is 0 Å². The lowest BCUT2D eigenvalue weighted by Gasteiger charge is -2.09. The maximum absolute atomic E-state index is 11.1. The van der Waals surface area contributed by atoms with Crippen molar-refractivity contribution in [2.75, 3.05) is 12.9 Å². The number of methoxy groups -OCH3 is 1. The van der Waals surface area contributed by atoms with Gasteiger partial charge in [0.05, 0.1) is 24.8 Å². The van der Waals surface area contributed by atoms with Crippen molar-refractivity contribution >= 4 is 29.1 Å². The number of hydrogen-bond acceptors (Lipinski definition) is 7. The van der Waals surface area contributed by atoms with Crippen LogP contribution in [0.3, 0.4) is 0 Å². The van der Waals surface area contributed by atoms with Crippen LogP contribution in [-0.2, 0) is 11.2 Å². The first-order valence-corrected chi connectivity index (χ1v) is 8.67. The van der Waals surface area contributed by atoms with Crippen LogP contribution in [0, 0.1) is 13.8 Å². The highest BCUT2D eigenvalue weighted by Crippen LogP contribution is 2.25. The van der Waals surface area contributed by atoms with E-state index in [-0.39, 0.29) is 5.91 Å². The molecule has 2 aromatic rings. The molecule has 0 aliphatic carbocycles. The summed E-state index contributed by atoms with van der Waals surface area (Å²) in [7, 11) is 1.64. The van der Waals surface area contributed by atoms with Crippen molar-refractivity contribution in [2.45, 2.75) is 20.3 Å². The number of hydrogen-bond donors (Lipinski definition) is 1. The average molecular weight is 358 g/mol. The number of rotatable bonds is 5. The van der Waals surface area contributed by atoms with Gasteiger partial charge in [0.1, 0.15) is 11.5 Å². The summed E-state index contributed by atoms with van der Waals surface area (Å²) in [6.07, 6.45) is 2.31. The molecule has 1 amide bonds. The van der Waals surface area contributed by atoms with Crippen LogP contribution in [0.5, 0.6) is 5.75 Å². The van der Waals surface area contributed by atoms with E-state index in [0.29, 0.717) is 17.3 Å². The third-order valence-corrected chi connectivity index (χ3v) is 4.66. The Hall–Kier alpha value is -2.61. The van der Waals surface area contributed by atoms with Crippen LogP contribution in [0.2, 0.25) is 0 Å². The van der Waals surface area contributed by atoms with Crippen molar-refractivity contribution in [1.29, 1.82) is 0 Å². The molecule has 1 N–H and O–H groups in total. The Bertz CT molecular complexity index is 838. The second-order valence-electron chi connectivity index (χ2n) is 5.54. The smallest absolute Gasteiger partial charge is 0.236 e. The molecular formula is C17H18N4O3S. The Morgan fingerprint density at radius 3 is 2.92 bits per heavy atom. The number of carbonyl (C=O) groups excluding carboxylic acids is 1. The molecule has 0 saturated carbocycles. The Morgan fingerprint density at radius 1 is 1.44 bits per heavy atom. The number of amidine groups is 1. The molecule has 0 radical (unpaired) electrons. The summed E-state index contributed by atoms with van der Waals surface area (Å²) in [6, 6.07) is 5.79. The van der Waals surface area contributed by atoms with Crippen LogP contribution in [0.15, 0.2) is 32.9 Å². The molecule has 1 fully saturated rings. The first-order valence-electron chi connectivity index (χ1n) is 7.69. The van der Waals surface area contributed by atoms with E-state index in [4.69, 9.17) is 9.26 Å². The summed E-state index contributed by atoms with van der Waals surface area (Å²) in [5.74, 6) is 1.93. The Kier molecular flexibility index (Phi) is 5.18. The number of aryl methyl sites for hydroxylation is 2. The Labute approximate surface area is 149 Å². The standard InChI is InChI=1S/C17H18N4O3S/c1-10-14(11(2)24-21-10)7-13-6-12(4-5-15(13)23-3)8-18-20-17-19-16(22)9-25-17/h4-6,8H,7,9H2,1-3H3,(H,19,20,22). The van der Waals surface area contributed by atoms with E-state index in [1.807, 2.05) is 32.0 Å². The second-order valence-corrected chi connectivity index (χ2v) is 6.50. The van der Waals surface area contributed by atoms with Gasteiger partial charge in [-0.2, -0.15) is 5.10 Å². The van der Waals surface area contributed by atoms with Gasteiger partial charge >= 0.3 is 0 Å². The first kappa shape index (κ1) is 17.2. The normalized spacial score (nSPS) is 16.0. The summed E-state index contributed by atoms with van der Waals surface area (Å²) in [5.41, 5.74) is 3.83. The molecule has 7 nitrogen and oxygen atoms in total. The van der Waals surface area contributed by atoms with Gasteiger partial charge in [0, 0.05) is 12.0 Å². The van der Waals surface area contributed by atoms with Crippen molar-refractivity contribution in [1.82, 2.24) is 10.5 Å². The molecule has 25 heavy (non-hydrogen) atoms. The van der Waals surface area contributed by atoms with Crippen molar-refractivity contribution in [3.8, 4) is 5.75 Å². The lowest BCUT2D eigenvalue weighted by atomic mass is 10.0. The number of thioether (sulfide) groups is 1. The lowest BCUT2D eigenvalue weighted by Crippen LogP contribution is -2.19. The summed E-state index contributed by atoms with van der Waals surface area (Å²) >= 11 is 1.34. The van der Waals surface area contributed by atoms with Crippen LogP contribution in [-0.4, -0.2) is 35.3 Å². The highest BCUT2D eigenvalue weighted by atomic mass is 32.2. The van der Waals surface area contributed by atoms with Crippen molar-refractivity contribution in [3.05, 3.63) is 46.3 Å². The number of amides is 1. The minimum absolute atomic E-state index is 0.0508. The van der Waals surface area contributed by atoms with E-state index in [1.54, 1.807) is 13.3 Å². The minimum Gasteiger partial charge on any atom is -0.496 e.